The number of nitrogens with one attached hydrogen (secondary N) is 1. The fourth-order valence-corrected chi connectivity index (χ4v) is 3.37. The van der Waals surface area contributed by atoms with Crippen molar-refractivity contribution >= 4 is 23.6 Å². The number of anilines is 1. The van der Waals surface area contributed by atoms with Gasteiger partial charge < -0.3 is 19.9 Å². The van der Waals surface area contributed by atoms with E-state index in [0.717, 1.165) is 17.0 Å². The Hall–Kier alpha value is -3.28. The Bertz CT molecular complexity index is 872. The molecule has 29 heavy (non-hydrogen) atoms. The van der Waals surface area contributed by atoms with Crippen molar-refractivity contribution in [1.29, 1.82) is 0 Å². The summed E-state index contributed by atoms with van der Waals surface area (Å²) in [7, 11) is 0. The van der Waals surface area contributed by atoms with Crippen LogP contribution < -0.4 is 15.0 Å². The molecule has 2 amide bonds. The average Bonchev–Trinajstić information content (AvgIpc) is 2.74. The molecule has 6 heteroatoms. The van der Waals surface area contributed by atoms with Gasteiger partial charge in [0.1, 0.15) is 11.4 Å². The second kappa shape index (κ2) is 9.78. The summed E-state index contributed by atoms with van der Waals surface area (Å²) < 4.78 is 5.73. The predicted octanol–water partition coefficient (Wildman–Crippen LogP) is 2.91. The molecule has 152 valence electrons. The second-order valence-corrected chi connectivity index (χ2v) is 6.83. The van der Waals surface area contributed by atoms with Crippen LogP contribution in [0.25, 0.3) is 6.08 Å². The average molecular weight is 393 g/mol. The van der Waals surface area contributed by atoms with E-state index in [4.69, 9.17) is 4.74 Å². The second-order valence-electron chi connectivity index (χ2n) is 6.83. The third kappa shape index (κ3) is 5.38. The van der Waals surface area contributed by atoms with Gasteiger partial charge in [-0.3, -0.25) is 9.59 Å². The van der Waals surface area contributed by atoms with Gasteiger partial charge in [0, 0.05) is 33.1 Å². The Morgan fingerprint density at radius 1 is 1.00 bits per heavy atom. The Balaban J connectivity index is 1.71. The molecule has 0 aromatic heterocycles. The Kier molecular flexibility index (Phi) is 6.89. The van der Waals surface area contributed by atoms with E-state index in [0.29, 0.717) is 38.5 Å². The van der Waals surface area contributed by atoms with Crippen LogP contribution in [0.5, 0.6) is 5.75 Å². The maximum atomic E-state index is 13.1. The number of amides is 2. The van der Waals surface area contributed by atoms with Crippen molar-refractivity contribution in [3.05, 3.63) is 65.9 Å². The summed E-state index contributed by atoms with van der Waals surface area (Å²) in [4.78, 5) is 28.7. The van der Waals surface area contributed by atoms with Crippen LogP contribution in [0.3, 0.4) is 0 Å². The van der Waals surface area contributed by atoms with Gasteiger partial charge in [-0.15, -0.1) is 0 Å². The van der Waals surface area contributed by atoms with Gasteiger partial charge in [0.2, 0.25) is 5.91 Å². The molecule has 2 aromatic rings. The minimum Gasteiger partial charge on any atom is -0.492 e. The maximum absolute atomic E-state index is 13.1. The number of piperazine rings is 1. The molecule has 1 aliphatic rings. The summed E-state index contributed by atoms with van der Waals surface area (Å²) in [6, 6.07) is 17.5. The highest BCUT2D eigenvalue weighted by molar-refractivity contribution is 6.01. The lowest BCUT2D eigenvalue weighted by Crippen LogP contribution is -2.50. The summed E-state index contributed by atoms with van der Waals surface area (Å²) >= 11 is 0. The first-order valence-corrected chi connectivity index (χ1v) is 9.89. The molecule has 3 rings (SSSR count). The Morgan fingerprint density at radius 2 is 1.66 bits per heavy atom. The molecule has 0 radical (unpaired) electrons. The zero-order valence-electron chi connectivity index (χ0n) is 16.9. The zero-order chi connectivity index (χ0) is 20.6. The number of nitrogens with zero attached hydrogens (tertiary/aromatic N) is 2. The van der Waals surface area contributed by atoms with Crippen LogP contribution in [-0.4, -0.2) is 49.5 Å². The van der Waals surface area contributed by atoms with E-state index >= 15 is 0 Å². The van der Waals surface area contributed by atoms with E-state index in [1.807, 2.05) is 61.5 Å². The quantitative estimate of drug-likeness (QED) is 0.767. The molecule has 0 saturated carbocycles. The third-order valence-electron chi connectivity index (χ3n) is 4.72. The number of carbonyl (C=O) groups is 2. The molecular weight excluding hydrogens is 366 g/mol. The van der Waals surface area contributed by atoms with Gasteiger partial charge in [-0.1, -0.05) is 42.5 Å². The maximum Gasteiger partial charge on any atom is 0.270 e. The molecular formula is C23H27N3O3. The largest absolute Gasteiger partial charge is 0.492 e. The number of rotatable bonds is 6. The van der Waals surface area contributed by atoms with Gasteiger partial charge in [-0.05, 0) is 30.7 Å². The minimum absolute atomic E-state index is 0.165. The number of benzene rings is 2. The molecule has 1 saturated heterocycles. The van der Waals surface area contributed by atoms with Crippen molar-refractivity contribution in [2.45, 2.75) is 13.8 Å². The van der Waals surface area contributed by atoms with Crippen LogP contribution in [0.4, 0.5) is 5.69 Å². The van der Waals surface area contributed by atoms with Gasteiger partial charge in [-0.25, -0.2) is 0 Å². The number of para-hydroxylation sites is 2. The summed E-state index contributed by atoms with van der Waals surface area (Å²) in [5.74, 6) is 0.435. The third-order valence-corrected chi connectivity index (χ3v) is 4.72. The molecule has 1 heterocycles. The number of carbonyl (C=O) groups excluding carboxylic acids is 2. The van der Waals surface area contributed by atoms with Gasteiger partial charge >= 0.3 is 0 Å². The molecule has 2 aromatic carbocycles. The lowest BCUT2D eigenvalue weighted by molar-refractivity contribution is -0.129. The van der Waals surface area contributed by atoms with Gasteiger partial charge in [0.05, 0.1) is 12.3 Å². The number of hydrogen-bond acceptors (Lipinski definition) is 4. The number of ether oxygens (including phenoxy) is 1. The van der Waals surface area contributed by atoms with Crippen LogP contribution in [0.2, 0.25) is 0 Å². The fourth-order valence-electron chi connectivity index (χ4n) is 3.37. The summed E-state index contributed by atoms with van der Waals surface area (Å²) in [6.45, 7) is 6.55. The summed E-state index contributed by atoms with van der Waals surface area (Å²) in [6.07, 6.45) is 1.72. The lowest BCUT2D eigenvalue weighted by Gasteiger charge is -2.37. The van der Waals surface area contributed by atoms with Crippen LogP contribution in [0.1, 0.15) is 19.4 Å². The SMILES string of the molecule is CCOc1ccccc1N1CCN(C(=O)/C(=C/c2ccccc2)NC(C)=O)CC1. The van der Waals surface area contributed by atoms with Crippen LogP contribution in [0.15, 0.2) is 60.3 Å². The fraction of sp³-hybridized carbons (Fsp3) is 0.304. The van der Waals surface area contributed by atoms with Crippen LogP contribution in [-0.2, 0) is 9.59 Å². The lowest BCUT2D eigenvalue weighted by atomic mass is 10.1. The van der Waals surface area contributed by atoms with Crippen molar-refractivity contribution in [3.8, 4) is 5.75 Å². The Labute approximate surface area is 171 Å². The molecule has 0 aliphatic carbocycles. The minimum atomic E-state index is -0.259. The highest BCUT2D eigenvalue weighted by atomic mass is 16.5. The van der Waals surface area contributed by atoms with Gasteiger partial charge in [-0.2, -0.15) is 0 Å². The number of hydrogen-bond donors (Lipinski definition) is 1. The molecule has 1 fully saturated rings. The van der Waals surface area contributed by atoms with Crippen molar-refractivity contribution in [2.24, 2.45) is 0 Å². The zero-order valence-corrected chi connectivity index (χ0v) is 16.9. The van der Waals surface area contributed by atoms with Gasteiger partial charge in [0.25, 0.3) is 5.91 Å². The van der Waals surface area contributed by atoms with Crippen molar-refractivity contribution in [2.75, 3.05) is 37.7 Å². The first-order chi connectivity index (χ1) is 14.1. The molecule has 1 N–H and O–H groups in total. The van der Waals surface area contributed by atoms with E-state index in [1.54, 1.807) is 11.0 Å². The van der Waals surface area contributed by atoms with Crippen LogP contribution in [0, 0.1) is 0 Å². The molecule has 0 spiro atoms. The molecule has 0 unspecified atom stereocenters. The molecule has 0 bridgehead atoms. The normalized spacial score (nSPS) is 14.5. The van der Waals surface area contributed by atoms with E-state index < -0.39 is 0 Å². The summed E-state index contributed by atoms with van der Waals surface area (Å²) in [5, 5.41) is 2.69. The van der Waals surface area contributed by atoms with E-state index in [-0.39, 0.29) is 11.8 Å². The highest BCUT2D eigenvalue weighted by Gasteiger charge is 2.25. The molecule has 0 atom stereocenters. The van der Waals surface area contributed by atoms with Crippen molar-refractivity contribution < 1.29 is 14.3 Å². The molecule has 6 nitrogen and oxygen atoms in total. The van der Waals surface area contributed by atoms with Gasteiger partial charge in [0.15, 0.2) is 0 Å². The van der Waals surface area contributed by atoms with E-state index in [9.17, 15) is 9.59 Å². The predicted molar refractivity (Wildman–Crippen MR) is 115 cm³/mol. The van der Waals surface area contributed by atoms with E-state index in [1.165, 1.54) is 6.92 Å². The monoisotopic (exact) mass is 393 g/mol. The first-order valence-electron chi connectivity index (χ1n) is 9.89. The topological polar surface area (TPSA) is 61.9 Å². The smallest absolute Gasteiger partial charge is 0.270 e. The highest BCUT2D eigenvalue weighted by Crippen LogP contribution is 2.29. The standard InChI is InChI=1S/C23H27N3O3/c1-3-29-22-12-8-7-11-21(22)25-13-15-26(16-14-25)23(28)20(24-18(2)27)17-19-9-5-4-6-10-19/h4-12,17H,3,13-16H2,1-2H3,(H,24,27)/b20-17-. The van der Waals surface area contributed by atoms with Crippen molar-refractivity contribution in [3.63, 3.8) is 0 Å². The Morgan fingerprint density at radius 3 is 2.31 bits per heavy atom. The summed E-state index contributed by atoms with van der Waals surface area (Å²) in [5.41, 5.74) is 2.21. The van der Waals surface area contributed by atoms with Crippen molar-refractivity contribution in [1.82, 2.24) is 10.2 Å². The first kappa shape index (κ1) is 20.5. The van der Waals surface area contributed by atoms with Crippen LogP contribution >= 0.6 is 0 Å². The van der Waals surface area contributed by atoms with E-state index in [2.05, 4.69) is 10.2 Å². The molecule has 1 aliphatic heterocycles.